The molecule has 0 radical (unpaired) electrons. The summed E-state index contributed by atoms with van der Waals surface area (Å²) >= 11 is 0. The van der Waals surface area contributed by atoms with Gasteiger partial charge in [-0.25, -0.2) is 4.79 Å². The van der Waals surface area contributed by atoms with Crippen LogP contribution in [0.3, 0.4) is 0 Å². The zero-order chi connectivity index (χ0) is 17.8. The fourth-order valence-electron chi connectivity index (χ4n) is 2.83. The molecule has 23 heavy (non-hydrogen) atoms. The van der Waals surface area contributed by atoms with Gasteiger partial charge in [-0.05, 0) is 25.2 Å². The molecule has 2 atom stereocenters. The van der Waals surface area contributed by atoms with Crippen LogP contribution < -0.4 is 5.32 Å². The average molecular weight is 326 g/mol. The van der Waals surface area contributed by atoms with E-state index in [4.69, 9.17) is 0 Å². The van der Waals surface area contributed by atoms with Crippen LogP contribution in [0.1, 0.15) is 53.9 Å². The minimum atomic E-state index is -1.01. The molecule has 6 heteroatoms. The van der Waals surface area contributed by atoms with Crippen LogP contribution in [0.15, 0.2) is 0 Å². The van der Waals surface area contributed by atoms with Gasteiger partial charge in [0.25, 0.3) is 0 Å². The van der Waals surface area contributed by atoms with Crippen molar-refractivity contribution in [1.82, 2.24) is 10.2 Å². The third-order valence-corrected chi connectivity index (χ3v) is 4.04. The summed E-state index contributed by atoms with van der Waals surface area (Å²) in [4.78, 5) is 37.8. The van der Waals surface area contributed by atoms with Crippen molar-refractivity contribution in [3.05, 3.63) is 0 Å². The molecule has 0 saturated carbocycles. The van der Waals surface area contributed by atoms with Crippen LogP contribution in [0.25, 0.3) is 0 Å². The molecule has 1 aliphatic rings. The third-order valence-electron chi connectivity index (χ3n) is 4.04. The molecule has 0 aromatic heterocycles. The van der Waals surface area contributed by atoms with Crippen LogP contribution in [0.2, 0.25) is 0 Å². The van der Waals surface area contributed by atoms with Crippen molar-refractivity contribution in [1.29, 1.82) is 0 Å². The Bertz CT molecular complexity index is 454. The smallest absolute Gasteiger partial charge is 0.326 e. The standard InChI is InChI=1S/C17H30N2O4/c1-11(2)9-13(15(21)22)18-14(20)12-7-6-8-19(10-12)16(23)17(3,4)5/h11-13H,6-10H2,1-5H3,(H,18,20)(H,21,22)/t12?,13-/m1/s1. The number of carbonyl (C=O) groups excluding carboxylic acids is 2. The first kappa shape index (κ1) is 19.5. The van der Waals surface area contributed by atoms with Gasteiger partial charge in [0.1, 0.15) is 6.04 Å². The Labute approximate surface area is 138 Å². The molecule has 1 unspecified atom stereocenters. The number of aliphatic carboxylic acids is 1. The van der Waals surface area contributed by atoms with Gasteiger partial charge in [0.2, 0.25) is 11.8 Å². The highest BCUT2D eigenvalue weighted by Gasteiger charge is 2.34. The third kappa shape index (κ3) is 5.84. The first-order valence-corrected chi connectivity index (χ1v) is 8.35. The Morgan fingerprint density at radius 3 is 2.35 bits per heavy atom. The summed E-state index contributed by atoms with van der Waals surface area (Å²) in [6.45, 7) is 10.5. The topological polar surface area (TPSA) is 86.7 Å². The molecule has 1 saturated heterocycles. The van der Waals surface area contributed by atoms with Gasteiger partial charge in [-0.15, -0.1) is 0 Å². The summed E-state index contributed by atoms with van der Waals surface area (Å²) in [6, 6.07) is -0.865. The van der Waals surface area contributed by atoms with Crippen LogP contribution in [0.5, 0.6) is 0 Å². The van der Waals surface area contributed by atoms with Crippen LogP contribution in [-0.2, 0) is 14.4 Å². The fraction of sp³-hybridized carbons (Fsp3) is 0.824. The molecular formula is C17H30N2O4. The van der Waals surface area contributed by atoms with Crippen LogP contribution in [0, 0.1) is 17.3 Å². The normalized spacial score (nSPS) is 20.3. The highest BCUT2D eigenvalue weighted by Crippen LogP contribution is 2.23. The van der Waals surface area contributed by atoms with Crippen LogP contribution >= 0.6 is 0 Å². The molecule has 0 aromatic rings. The minimum Gasteiger partial charge on any atom is -0.480 e. The van der Waals surface area contributed by atoms with Gasteiger partial charge in [0, 0.05) is 18.5 Å². The lowest BCUT2D eigenvalue weighted by Crippen LogP contribution is -2.51. The molecule has 1 aliphatic heterocycles. The summed E-state index contributed by atoms with van der Waals surface area (Å²) in [5.41, 5.74) is -0.473. The summed E-state index contributed by atoms with van der Waals surface area (Å²) in [5.74, 6) is -1.38. The number of nitrogens with zero attached hydrogens (tertiary/aromatic N) is 1. The molecule has 2 N–H and O–H groups in total. The summed E-state index contributed by atoms with van der Waals surface area (Å²) in [5, 5.41) is 11.9. The lowest BCUT2D eigenvalue weighted by Gasteiger charge is -2.36. The number of carbonyl (C=O) groups is 3. The van der Waals surface area contributed by atoms with Crippen molar-refractivity contribution in [3.8, 4) is 0 Å². The Kier molecular flexibility index (Phi) is 6.59. The molecule has 0 spiro atoms. The second-order valence-corrected chi connectivity index (χ2v) is 7.87. The molecule has 0 bridgehead atoms. The van der Waals surface area contributed by atoms with Gasteiger partial charge in [-0.3, -0.25) is 9.59 Å². The van der Waals surface area contributed by atoms with Crippen molar-refractivity contribution in [3.63, 3.8) is 0 Å². The molecule has 1 fully saturated rings. The van der Waals surface area contributed by atoms with Gasteiger partial charge in [0.15, 0.2) is 0 Å². The average Bonchev–Trinajstić information content (AvgIpc) is 2.44. The first-order chi connectivity index (χ1) is 10.5. The number of likely N-dealkylation sites (tertiary alicyclic amines) is 1. The molecule has 2 amide bonds. The van der Waals surface area contributed by atoms with E-state index in [0.29, 0.717) is 25.9 Å². The van der Waals surface area contributed by atoms with Crippen molar-refractivity contribution in [2.75, 3.05) is 13.1 Å². The lowest BCUT2D eigenvalue weighted by atomic mass is 9.90. The van der Waals surface area contributed by atoms with E-state index < -0.39 is 17.4 Å². The Hall–Kier alpha value is -1.59. The molecular weight excluding hydrogens is 296 g/mol. The maximum absolute atomic E-state index is 12.4. The van der Waals surface area contributed by atoms with E-state index in [0.717, 1.165) is 6.42 Å². The minimum absolute atomic E-state index is 0.0342. The zero-order valence-electron chi connectivity index (χ0n) is 14.9. The van der Waals surface area contributed by atoms with Gasteiger partial charge in [0.05, 0.1) is 5.92 Å². The summed E-state index contributed by atoms with van der Waals surface area (Å²) in [7, 11) is 0. The van der Waals surface area contributed by atoms with E-state index in [1.165, 1.54) is 0 Å². The number of carboxylic acid groups (broad SMARTS) is 1. The van der Waals surface area contributed by atoms with E-state index in [2.05, 4.69) is 5.32 Å². The Morgan fingerprint density at radius 2 is 1.87 bits per heavy atom. The number of nitrogens with one attached hydrogen (secondary N) is 1. The molecule has 6 nitrogen and oxygen atoms in total. The molecule has 1 rings (SSSR count). The number of hydrogen-bond donors (Lipinski definition) is 2. The van der Waals surface area contributed by atoms with Crippen molar-refractivity contribution < 1.29 is 19.5 Å². The van der Waals surface area contributed by atoms with E-state index in [1.807, 2.05) is 34.6 Å². The van der Waals surface area contributed by atoms with Crippen molar-refractivity contribution in [2.45, 2.75) is 59.9 Å². The zero-order valence-corrected chi connectivity index (χ0v) is 14.9. The highest BCUT2D eigenvalue weighted by molar-refractivity contribution is 5.86. The van der Waals surface area contributed by atoms with E-state index in [-0.39, 0.29) is 23.7 Å². The highest BCUT2D eigenvalue weighted by atomic mass is 16.4. The second-order valence-electron chi connectivity index (χ2n) is 7.87. The Morgan fingerprint density at radius 1 is 1.26 bits per heavy atom. The number of amides is 2. The molecule has 1 heterocycles. The largest absolute Gasteiger partial charge is 0.480 e. The maximum Gasteiger partial charge on any atom is 0.326 e. The molecule has 0 aliphatic carbocycles. The number of carboxylic acids is 1. The van der Waals surface area contributed by atoms with E-state index in [9.17, 15) is 19.5 Å². The predicted octanol–water partition coefficient (Wildman–Crippen LogP) is 1.89. The number of hydrogen-bond acceptors (Lipinski definition) is 3. The van der Waals surface area contributed by atoms with E-state index in [1.54, 1.807) is 4.90 Å². The SMILES string of the molecule is CC(C)C[C@@H](NC(=O)C1CCCN(C(=O)C(C)(C)C)C1)C(=O)O. The monoisotopic (exact) mass is 326 g/mol. The van der Waals surface area contributed by atoms with Gasteiger partial charge >= 0.3 is 5.97 Å². The fourth-order valence-corrected chi connectivity index (χ4v) is 2.83. The predicted molar refractivity (Wildman–Crippen MR) is 87.8 cm³/mol. The maximum atomic E-state index is 12.4. The second kappa shape index (κ2) is 7.79. The lowest BCUT2D eigenvalue weighted by molar-refractivity contribution is -0.146. The quantitative estimate of drug-likeness (QED) is 0.807. The van der Waals surface area contributed by atoms with Gasteiger partial charge < -0.3 is 15.3 Å². The van der Waals surface area contributed by atoms with Crippen LogP contribution in [-0.4, -0.2) is 46.9 Å². The van der Waals surface area contributed by atoms with E-state index >= 15 is 0 Å². The van der Waals surface area contributed by atoms with Gasteiger partial charge in [-0.2, -0.15) is 0 Å². The van der Waals surface area contributed by atoms with Crippen molar-refractivity contribution >= 4 is 17.8 Å². The van der Waals surface area contributed by atoms with Crippen LogP contribution in [0.4, 0.5) is 0 Å². The molecule has 0 aromatic carbocycles. The van der Waals surface area contributed by atoms with Crippen molar-refractivity contribution in [2.24, 2.45) is 17.3 Å². The number of piperidine rings is 1. The molecule has 132 valence electrons. The number of rotatable bonds is 5. The summed E-state index contributed by atoms with van der Waals surface area (Å²) in [6.07, 6.45) is 1.86. The summed E-state index contributed by atoms with van der Waals surface area (Å²) < 4.78 is 0. The first-order valence-electron chi connectivity index (χ1n) is 8.35. The van der Waals surface area contributed by atoms with Gasteiger partial charge in [-0.1, -0.05) is 34.6 Å². The Balaban J connectivity index is 2.68.